The van der Waals surface area contributed by atoms with Crippen LogP contribution in [0.2, 0.25) is 0 Å². The van der Waals surface area contributed by atoms with Crippen molar-refractivity contribution in [3.63, 3.8) is 0 Å². The van der Waals surface area contributed by atoms with E-state index >= 15 is 0 Å². The molecule has 1 rings (SSSR count). The minimum atomic E-state index is 0. The van der Waals surface area contributed by atoms with Crippen LogP contribution in [-0.2, 0) is 21.1 Å². The van der Waals surface area contributed by atoms with E-state index in [0.29, 0.717) is 0 Å². The fraction of sp³-hybridized carbons (Fsp3) is 0. The molecule has 0 spiro atoms. The van der Waals surface area contributed by atoms with E-state index < -0.39 is 0 Å². The monoisotopic (exact) mass is 277 g/mol. The number of hydrogen-bond donors (Lipinski definition) is 0. The van der Waals surface area contributed by atoms with E-state index in [2.05, 4.69) is 16.4 Å². The van der Waals surface area contributed by atoms with Gasteiger partial charge in [0.15, 0.2) is 0 Å². The largest absolute Gasteiger partial charge is 2.00 e. The first-order valence-corrected chi connectivity index (χ1v) is 1.76. The summed E-state index contributed by atoms with van der Waals surface area (Å²) in [4.78, 5) is 3.56. The maximum absolute atomic E-state index is 4.81. The first kappa shape index (κ1) is 7.57. The van der Waals surface area contributed by atoms with E-state index in [9.17, 15) is 0 Å². The standard InChI is InChI=1S/C4H3N3.W/c1-5-7-3-2-6-4-7;/h1-3H;/q-2;+2. The third-order valence-electron chi connectivity index (χ3n) is 0.567. The molecule has 0 unspecified atom stereocenters. The van der Waals surface area contributed by atoms with Gasteiger partial charge in [0.2, 0.25) is 0 Å². The molecule has 4 heteroatoms. The maximum Gasteiger partial charge on any atom is 2.00 e. The van der Waals surface area contributed by atoms with E-state index in [4.69, 9.17) is 6.72 Å². The smallest absolute Gasteiger partial charge is 0.420 e. The van der Waals surface area contributed by atoms with E-state index in [1.165, 1.54) is 4.68 Å². The van der Waals surface area contributed by atoms with Crippen LogP contribution in [0.1, 0.15) is 0 Å². The van der Waals surface area contributed by atoms with E-state index in [-0.39, 0.29) is 21.1 Å². The van der Waals surface area contributed by atoms with Gasteiger partial charge in [0.25, 0.3) is 0 Å². The third-order valence-corrected chi connectivity index (χ3v) is 0.567. The van der Waals surface area contributed by atoms with Crippen molar-refractivity contribution in [1.82, 2.24) is 9.66 Å². The van der Waals surface area contributed by atoms with Crippen molar-refractivity contribution in [2.45, 2.75) is 0 Å². The van der Waals surface area contributed by atoms with Crippen molar-refractivity contribution in [1.29, 1.82) is 0 Å². The second-order valence-electron chi connectivity index (χ2n) is 0.987. The van der Waals surface area contributed by atoms with Gasteiger partial charge in [-0.2, -0.15) is 0 Å². The summed E-state index contributed by atoms with van der Waals surface area (Å²) in [5, 5.41) is 3.23. The van der Waals surface area contributed by atoms with Crippen molar-refractivity contribution < 1.29 is 21.1 Å². The fourth-order valence-electron chi connectivity index (χ4n) is 0.287. The summed E-state index contributed by atoms with van der Waals surface area (Å²) < 4.78 is 1.29. The van der Waals surface area contributed by atoms with Gasteiger partial charge in [0, 0.05) is 6.33 Å². The Labute approximate surface area is 61.7 Å². The molecule has 0 fully saturated rings. The fourth-order valence-corrected chi connectivity index (χ4v) is 0.287. The number of nitrogens with zero attached hydrogens (tertiary/aromatic N) is 3. The minimum Gasteiger partial charge on any atom is -0.420 e. The molecule has 8 heavy (non-hydrogen) atoms. The molecule has 0 aromatic carbocycles. The molecule has 0 bridgehead atoms. The quantitative estimate of drug-likeness (QED) is 0.526. The summed E-state index contributed by atoms with van der Waals surface area (Å²) in [5.74, 6) is 0. The zero-order valence-electron chi connectivity index (χ0n) is 3.98. The van der Waals surface area contributed by atoms with Crippen molar-refractivity contribution in [2.75, 3.05) is 0 Å². The van der Waals surface area contributed by atoms with Crippen molar-refractivity contribution in [3.05, 3.63) is 18.7 Å². The average molecular weight is 277 g/mol. The molecule has 1 aromatic heterocycles. The molecule has 0 atom stereocenters. The summed E-state index contributed by atoms with van der Waals surface area (Å²) in [5.41, 5.74) is 0. The molecule has 0 saturated carbocycles. The van der Waals surface area contributed by atoms with Gasteiger partial charge in [-0.05, 0) is 0 Å². The Morgan fingerprint density at radius 1 is 1.75 bits per heavy atom. The molecule has 0 saturated heterocycles. The van der Waals surface area contributed by atoms with Crippen LogP contribution in [0.3, 0.4) is 0 Å². The van der Waals surface area contributed by atoms with Crippen molar-refractivity contribution in [3.8, 4) is 0 Å². The molecule has 0 radical (unpaired) electrons. The number of rotatable bonds is 1. The van der Waals surface area contributed by atoms with Gasteiger partial charge in [-0.1, -0.05) is 0 Å². The Balaban J connectivity index is 0.000000490. The molecule has 0 amide bonds. The second-order valence-corrected chi connectivity index (χ2v) is 0.987. The van der Waals surface area contributed by atoms with Crippen molar-refractivity contribution >= 4 is 6.72 Å². The molecule has 0 aliphatic carbocycles. The van der Waals surface area contributed by atoms with Gasteiger partial charge >= 0.3 is 21.1 Å². The molecular formula is C4H3N3W. The Morgan fingerprint density at radius 2 is 2.50 bits per heavy atom. The van der Waals surface area contributed by atoms with Crippen molar-refractivity contribution in [2.24, 2.45) is 5.10 Å². The van der Waals surface area contributed by atoms with Crippen LogP contribution in [-0.4, -0.2) is 16.4 Å². The zero-order chi connectivity index (χ0) is 5.11. The Hall–Kier alpha value is -0.432. The molecule has 0 N–H and O–H groups in total. The van der Waals surface area contributed by atoms with Crippen LogP contribution < -0.4 is 0 Å². The average Bonchev–Trinajstić information content (AvgIpc) is 2.14. The summed E-state index contributed by atoms with van der Waals surface area (Å²) in [7, 11) is 0. The van der Waals surface area contributed by atoms with Crippen LogP contribution in [0.4, 0.5) is 0 Å². The predicted octanol–water partition coefficient (Wildman–Crippen LogP) is 0.0215. The first-order valence-electron chi connectivity index (χ1n) is 1.76. The molecule has 40 valence electrons. The molecule has 1 heterocycles. The molecule has 3 nitrogen and oxygen atoms in total. The van der Waals surface area contributed by atoms with Crippen LogP contribution in [0.15, 0.2) is 17.5 Å². The normalized spacial score (nSPS) is 7.50. The van der Waals surface area contributed by atoms with E-state index in [1.807, 2.05) is 0 Å². The third kappa shape index (κ3) is 1.58. The van der Waals surface area contributed by atoms with Crippen LogP contribution in [0.5, 0.6) is 0 Å². The van der Waals surface area contributed by atoms with Gasteiger partial charge in [-0.25, -0.2) is 0 Å². The molecule has 0 aliphatic rings. The Bertz CT molecular complexity index is 146. The summed E-state index contributed by atoms with van der Waals surface area (Å²) >= 11 is 0. The Morgan fingerprint density at radius 3 is 2.75 bits per heavy atom. The van der Waals surface area contributed by atoms with Gasteiger partial charge in [-0.3, -0.25) is 0 Å². The Kier molecular flexibility index (Phi) is 3.36. The predicted molar refractivity (Wildman–Crippen MR) is 25.0 cm³/mol. The van der Waals surface area contributed by atoms with Crippen LogP contribution >= 0.6 is 0 Å². The van der Waals surface area contributed by atoms with E-state index in [1.54, 1.807) is 12.4 Å². The first-order chi connectivity index (χ1) is 3.43. The topological polar surface area (TPSA) is 30.2 Å². The zero-order valence-corrected chi connectivity index (χ0v) is 6.92. The molecular weight excluding hydrogens is 274 g/mol. The number of aromatic nitrogens is 2. The van der Waals surface area contributed by atoms with Gasteiger partial charge in [0.05, 0.1) is 0 Å². The summed E-state index contributed by atoms with van der Waals surface area (Å²) in [6, 6.07) is 0. The van der Waals surface area contributed by atoms with Gasteiger partial charge < -0.3 is 21.5 Å². The van der Waals surface area contributed by atoms with E-state index in [0.717, 1.165) is 0 Å². The number of hydrogen-bond acceptors (Lipinski definition) is 2. The SMILES string of the molecule is [CH-]=Nn1[c-]ncc1.[W+2]. The van der Waals surface area contributed by atoms with Gasteiger partial charge in [-0.15, -0.1) is 12.4 Å². The number of imidazole rings is 1. The van der Waals surface area contributed by atoms with Crippen LogP contribution in [0, 0.1) is 6.33 Å². The summed E-state index contributed by atoms with van der Waals surface area (Å²) in [6.07, 6.45) is 5.61. The summed E-state index contributed by atoms with van der Waals surface area (Å²) in [6.45, 7) is 4.81. The van der Waals surface area contributed by atoms with Crippen LogP contribution in [0.25, 0.3) is 0 Å². The second kappa shape index (κ2) is 3.56. The van der Waals surface area contributed by atoms with Gasteiger partial charge in [0.1, 0.15) is 0 Å². The maximum atomic E-state index is 4.81. The molecule has 1 aromatic rings. The molecule has 0 aliphatic heterocycles. The minimum absolute atomic E-state index is 0.